The maximum absolute atomic E-state index is 10.5. The lowest BCUT2D eigenvalue weighted by atomic mass is 9.89. The van der Waals surface area contributed by atoms with Gasteiger partial charge in [-0.25, -0.2) is 5.73 Å². The van der Waals surface area contributed by atoms with Gasteiger partial charge < -0.3 is 5.73 Å². The summed E-state index contributed by atoms with van der Waals surface area (Å²) in [6.45, 7) is 5.13. The molecule has 9 heavy (non-hydrogen) atoms. The number of nitrogens with two attached hydrogens (primary N) is 1. The molecule has 3 heteroatoms. The Labute approximate surface area is 55.4 Å². The zero-order chi connectivity index (χ0) is 7.65. The van der Waals surface area contributed by atoms with E-state index in [1.54, 1.807) is 13.8 Å². The van der Waals surface area contributed by atoms with Gasteiger partial charge in [0.05, 0.1) is 0 Å². The third-order valence-corrected chi connectivity index (χ3v) is 1.67. The molecule has 1 amide bonds. The van der Waals surface area contributed by atoms with Crippen molar-refractivity contribution >= 4 is 5.91 Å². The average molecular weight is 129 g/mol. The van der Waals surface area contributed by atoms with Crippen LogP contribution in [0.1, 0.15) is 20.8 Å². The van der Waals surface area contributed by atoms with Gasteiger partial charge in [0.15, 0.2) is 0 Å². The van der Waals surface area contributed by atoms with Crippen LogP contribution < -0.4 is 11.5 Å². The second-order valence-corrected chi connectivity index (χ2v) is 2.72. The zero-order valence-corrected chi connectivity index (χ0v) is 6.06. The fourth-order valence-corrected chi connectivity index (χ4v) is 0.285. The number of carbonyl (C=O) groups is 1. The molecule has 0 aliphatic heterocycles. The highest BCUT2D eigenvalue weighted by Gasteiger charge is 2.30. The molecule has 0 fully saturated rings. The summed E-state index contributed by atoms with van der Waals surface area (Å²) in [4.78, 5) is 10.5. The molecule has 0 spiro atoms. The van der Waals surface area contributed by atoms with Gasteiger partial charge in [-0.3, -0.25) is 4.79 Å². The van der Waals surface area contributed by atoms with Gasteiger partial charge in [0, 0.05) is 0 Å². The molecule has 53 valence electrons. The molecular weight excluding hydrogens is 116 g/mol. The van der Waals surface area contributed by atoms with E-state index >= 15 is 0 Å². The van der Waals surface area contributed by atoms with E-state index in [9.17, 15) is 4.79 Å². The number of nitrogens with one attached hydrogen (secondary N) is 1. The van der Waals surface area contributed by atoms with E-state index in [4.69, 9.17) is 11.5 Å². The second-order valence-electron chi connectivity index (χ2n) is 2.72. The molecule has 0 saturated carbocycles. The Kier molecular flexibility index (Phi) is 2.20. The lowest BCUT2D eigenvalue weighted by molar-refractivity contribution is -0.124. The summed E-state index contributed by atoms with van der Waals surface area (Å²) in [7, 11) is 0. The van der Waals surface area contributed by atoms with Crippen LogP contribution in [0.4, 0.5) is 0 Å². The summed E-state index contributed by atoms with van der Waals surface area (Å²) in [5.74, 6) is -0.576. The van der Waals surface area contributed by atoms with Crippen LogP contribution in [0, 0.1) is 5.92 Å². The minimum atomic E-state index is -1.11. The number of hydrogen-bond donors (Lipinski definition) is 1. The third-order valence-electron chi connectivity index (χ3n) is 1.67. The van der Waals surface area contributed by atoms with Crippen LogP contribution in [0.3, 0.4) is 0 Å². The molecule has 3 nitrogen and oxygen atoms in total. The zero-order valence-electron chi connectivity index (χ0n) is 6.06. The van der Waals surface area contributed by atoms with Crippen LogP contribution in [0.25, 0.3) is 0 Å². The standard InChI is InChI=1S/C6H13N2O/c1-4(2)6(3,8)5(7)9/h4,8H,1-3H3,(H2,7,9). The average Bonchev–Trinajstić information content (AvgIpc) is 1.65. The van der Waals surface area contributed by atoms with Crippen LogP contribution in [0.15, 0.2) is 0 Å². The van der Waals surface area contributed by atoms with Crippen LogP contribution in [0.5, 0.6) is 0 Å². The Morgan fingerprint density at radius 2 is 2.00 bits per heavy atom. The van der Waals surface area contributed by atoms with Gasteiger partial charge in [-0.05, 0) is 12.8 Å². The number of amides is 1. The maximum Gasteiger partial charge on any atom is 0.239 e. The molecule has 0 rings (SSSR count). The number of rotatable bonds is 2. The van der Waals surface area contributed by atoms with Gasteiger partial charge in [-0.1, -0.05) is 13.8 Å². The van der Waals surface area contributed by atoms with Crippen molar-refractivity contribution in [1.29, 1.82) is 0 Å². The molecule has 1 radical (unpaired) electrons. The van der Waals surface area contributed by atoms with Crippen molar-refractivity contribution in [3.05, 3.63) is 0 Å². The lowest BCUT2D eigenvalue weighted by Gasteiger charge is -2.23. The first-order chi connectivity index (χ1) is 3.89. The minimum absolute atomic E-state index is 0.0185. The highest BCUT2D eigenvalue weighted by Crippen LogP contribution is 2.13. The molecule has 0 aromatic rings. The second kappa shape index (κ2) is 2.35. The SMILES string of the molecule is CC(C)C(C)([NH])C(N)=O. The van der Waals surface area contributed by atoms with Crippen molar-refractivity contribution in [3.8, 4) is 0 Å². The molecule has 1 unspecified atom stereocenters. The quantitative estimate of drug-likeness (QED) is 0.567. The predicted molar refractivity (Wildman–Crippen MR) is 35.5 cm³/mol. The monoisotopic (exact) mass is 129 g/mol. The summed E-state index contributed by atoms with van der Waals surface area (Å²) >= 11 is 0. The predicted octanol–water partition coefficient (Wildman–Crippen LogP) is 0.169. The topological polar surface area (TPSA) is 66.9 Å². The van der Waals surface area contributed by atoms with Gasteiger partial charge in [0.2, 0.25) is 5.91 Å². The van der Waals surface area contributed by atoms with Crippen molar-refractivity contribution in [2.24, 2.45) is 11.7 Å². The summed E-state index contributed by atoms with van der Waals surface area (Å²) in [6.07, 6.45) is 0. The number of hydrogen-bond acceptors (Lipinski definition) is 1. The van der Waals surface area contributed by atoms with Crippen molar-refractivity contribution in [3.63, 3.8) is 0 Å². The molecule has 0 bridgehead atoms. The Morgan fingerprint density at radius 1 is 1.67 bits per heavy atom. The molecule has 0 aliphatic carbocycles. The Hall–Kier alpha value is -0.570. The molecule has 0 aliphatic rings. The Morgan fingerprint density at radius 3 is 2.00 bits per heavy atom. The van der Waals surface area contributed by atoms with Crippen molar-refractivity contribution in [2.75, 3.05) is 0 Å². The Balaban J connectivity index is 4.19. The maximum atomic E-state index is 10.5. The highest BCUT2D eigenvalue weighted by atomic mass is 16.1. The van der Waals surface area contributed by atoms with Gasteiger partial charge in [0.1, 0.15) is 5.54 Å². The first kappa shape index (κ1) is 8.43. The van der Waals surface area contributed by atoms with Crippen molar-refractivity contribution < 1.29 is 4.79 Å². The van der Waals surface area contributed by atoms with Crippen LogP contribution in [0.2, 0.25) is 0 Å². The van der Waals surface area contributed by atoms with Gasteiger partial charge >= 0.3 is 0 Å². The molecule has 0 heterocycles. The van der Waals surface area contributed by atoms with Gasteiger partial charge in [-0.2, -0.15) is 0 Å². The molecule has 1 atom stereocenters. The lowest BCUT2D eigenvalue weighted by Crippen LogP contribution is -2.46. The normalized spacial score (nSPS) is 17.4. The van der Waals surface area contributed by atoms with Crippen molar-refractivity contribution in [1.82, 2.24) is 5.73 Å². The van der Waals surface area contributed by atoms with E-state index in [0.717, 1.165) is 0 Å². The number of primary amides is 1. The third kappa shape index (κ3) is 1.68. The largest absolute Gasteiger partial charge is 0.368 e. The van der Waals surface area contributed by atoms with E-state index in [-0.39, 0.29) is 5.92 Å². The van der Waals surface area contributed by atoms with E-state index in [0.29, 0.717) is 0 Å². The smallest absolute Gasteiger partial charge is 0.239 e. The molecule has 3 N–H and O–H groups in total. The summed E-state index contributed by atoms with van der Waals surface area (Å²) < 4.78 is 0. The molecule has 0 aromatic carbocycles. The fraction of sp³-hybridized carbons (Fsp3) is 0.833. The molecule has 0 saturated heterocycles. The van der Waals surface area contributed by atoms with E-state index < -0.39 is 11.4 Å². The summed E-state index contributed by atoms with van der Waals surface area (Å²) in [5, 5.41) is 0. The van der Waals surface area contributed by atoms with Crippen LogP contribution in [-0.4, -0.2) is 11.4 Å². The summed E-state index contributed by atoms with van der Waals surface area (Å²) in [6, 6.07) is 0. The van der Waals surface area contributed by atoms with E-state index in [1.165, 1.54) is 6.92 Å². The fourth-order valence-electron chi connectivity index (χ4n) is 0.285. The van der Waals surface area contributed by atoms with E-state index in [1.807, 2.05) is 0 Å². The molecular formula is C6H13N2O. The van der Waals surface area contributed by atoms with Gasteiger partial charge in [0.25, 0.3) is 0 Å². The van der Waals surface area contributed by atoms with Crippen LogP contribution in [-0.2, 0) is 4.79 Å². The van der Waals surface area contributed by atoms with Gasteiger partial charge in [-0.15, -0.1) is 0 Å². The highest BCUT2D eigenvalue weighted by molar-refractivity contribution is 5.83. The first-order valence-corrected chi connectivity index (χ1v) is 2.94. The van der Waals surface area contributed by atoms with E-state index in [2.05, 4.69) is 0 Å². The Bertz CT molecular complexity index is 118. The molecule has 0 aromatic heterocycles. The van der Waals surface area contributed by atoms with Crippen molar-refractivity contribution in [2.45, 2.75) is 26.3 Å². The van der Waals surface area contributed by atoms with Crippen LogP contribution >= 0.6 is 0 Å². The first-order valence-electron chi connectivity index (χ1n) is 2.94. The summed E-state index contributed by atoms with van der Waals surface area (Å²) in [5.41, 5.74) is 11.2. The minimum Gasteiger partial charge on any atom is -0.368 e. The number of carbonyl (C=O) groups excluding carboxylic acids is 1.